The summed E-state index contributed by atoms with van der Waals surface area (Å²) in [6.45, 7) is 1.83. The van der Waals surface area contributed by atoms with E-state index in [9.17, 15) is 18.5 Å². The predicted octanol–water partition coefficient (Wildman–Crippen LogP) is 2.23. The number of carbonyl (C=O) groups is 1. The lowest BCUT2D eigenvalue weighted by Crippen LogP contribution is -2.50. The Kier molecular flexibility index (Phi) is 8.05. The van der Waals surface area contributed by atoms with Crippen LogP contribution in [-0.2, 0) is 33.9 Å². The second kappa shape index (κ2) is 10.6. The summed E-state index contributed by atoms with van der Waals surface area (Å²) in [7, 11) is 3.22. The molecule has 34 heavy (non-hydrogen) atoms. The van der Waals surface area contributed by atoms with Crippen LogP contribution in [0.4, 0.5) is 4.39 Å². The number of benzene rings is 2. The maximum Gasteiger partial charge on any atom is 0.299 e. The van der Waals surface area contributed by atoms with Gasteiger partial charge in [-0.2, -0.15) is 5.06 Å². The van der Waals surface area contributed by atoms with Crippen LogP contribution in [0.1, 0.15) is 18.9 Å². The Hall–Kier alpha value is -2.83. The molecule has 11 heteroatoms. The van der Waals surface area contributed by atoms with E-state index < -0.39 is 21.8 Å². The molecule has 0 saturated heterocycles. The van der Waals surface area contributed by atoms with Crippen LogP contribution in [0, 0.1) is 5.82 Å². The molecule has 2 atom stereocenters. The van der Waals surface area contributed by atoms with E-state index in [-0.39, 0.29) is 24.3 Å². The number of nitrogens with zero attached hydrogens (tertiary/aromatic N) is 3. The number of halogens is 1. The molecule has 0 aliphatic heterocycles. The topological polar surface area (TPSA) is 120 Å². The Labute approximate surface area is 199 Å². The first kappa shape index (κ1) is 25.8. The summed E-state index contributed by atoms with van der Waals surface area (Å²) in [5, 5.41) is 10.8. The first-order valence-corrected chi connectivity index (χ1v) is 12.0. The van der Waals surface area contributed by atoms with Gasteiger partial charge in [0, 0.05) is 25.6 Å². The first-order chi connectivity index (χ1) is 16.1. The van der Waals surface area contributed by atoms with Crippen LogP contribution in [0.15, 0.2) is 47.5 Å². The molecule has 3 aromatic rings. The molecule has 0 bridgehead atoms. The van der Waals surface area contributed by atoms with Crippen molar-refractivity contribution in [3.05, 3.63) is 64.5 Å². The van der Waals surface area contributed by atoms with Crippen LogP contribution in [0.2, 0.25) is 0 Å². The van der Waals surface area contributed by atoms with Gasteiger partial charge >= 0.3 is 0 Å². The molecule has 0 saturated carbocycles. The van der Waals surface area contributed by atoms with Crippen LogP contribution in [-0.4, -0.2) is 55.4 Å². The number of carbonyl (C=O) groups excluding carboxylic acids is 1. The van der Waals surface area contributed by atoms with Gasteiger partial charge in [0.2, 0.25) is 4.75 Å². The van der Waals surface area contributed by atoms with Gasteiger partial charge in [0.05, 0.1) is 37.1 Å². The monoisotopic (exact) mass is 490 g/mol. The quantitative estimate of drug-likeness (QED) is 0.268. The minimum atomic E-state index is -1.59. The van der Waals surface area contributed by atoms with Gasteiger partial charge in [0.25, 0.3) is 11.5 Å². The Morgan fingerprint density at radius 3 is 2.62 bits per heavy atom. The number of hydroxylamine groups is 3. The van der Waals surface area contributed by atoms with Crippen molar-refractivity contribution in [2.24, 2.45) is 0 Å². The fraction of sp³-hybridized carbons (Fsp3) is 0.348. The molecule has 1 unspecified atom stereocenters. The van der Waals surface area contributed by atoms with E-state index in [0.29, 0.717) is 34.1 Å². The average Bonchev–Trinajstić information content (AvgIpc) is 2.83. The van der Waals surface area contributed by atoms with E-state index >= 15 is 0 Å². The fourth-order valence-corrected chi connectivity index (χ4v) is 4.18. The molecule has 3 rings (SSSR count). The number of aromatic nitrogens is 2. The molecule has 9 nitrogen and oxygen atoms in total. The van der Waals surface area contributed by atoms with Crippen molar-refractivity contribution in [1.29, 1.82) is 0 Å². The van der Waals surface area contributed by atoms with Crippen molar-refractivity contribution in [3.63, 3.8) is 0 Å². The highest BCUT2D eigenvalue weighted by molar-refractivity contribution is 7.92. The lowest BCUT2D eigenvalue weighted by molar-refractivity contribution is -0.131. The molecule has 0 spiro atoms. The van der Waals surface area contributed by atoms with Crippen molar-refractivity contribution in [2.75, 3.05) is 20.4 Å². The Morgan fingerprint density at radius 1 is 1.32 bits per heavy atom. The minimum absolute atomic E-state index is 0.0531. The highest BCUT2D eigenvalue weighted by atomic mass is 32.2. The SMILES string of the molecule is CON(C)Cc1ccc(-c2ccc3c(=O)n(CC[C@](C)(C(=O)NO)[S+](C)[O-])cnc3c2)cc1F. The van der Waals surface area contributed by atoms with Gasteiger partial charge in [-0.1, -0.05) is 18.2 Å². The Bertz CT molecular complexity index is 1250. The zero-order valence-electron chi connectivity index (χ0n) is 19.4. The largest absolute Gasteiger partial charge is 0.616 e. The average molecular weight is 491 g/mol. The van der Waals surface area contributed by atoms with E-state index in [2.05, 4.69) is 4.98 Å². The zero-order valence-corrected chi connectivity index (χ0v) is 20.2. The molecular formula is C23H27FN4O5S. The van der Waals surface area contributed by atoms with Gasteiger partial charge in [0.15, 0.2) is 0 Å². The molecule has 0 fully saturated rings. The fourth-order valence-electron chi connectivity index (χ4n) is 3.50. The molecule has 182 valence electrons. The number of hydrogen-bond donors (Lipinski definition) is 2. The number of aryl methyl sites for hydroxylation is 1. The van der Waals surface area contributed by atoms with E-state index in [1.54, 1.807) is 37.4 Å². The van der Waals surface area contributed by atoms with E-state index in [0.717, 1.165) is 0 Å². The smallest absolute Gasteiger partial charge is 0.299 e. The van der Waals surface area contributed by atoms with E-state index in [1.807, 2.05) is 0 Å². The van der Waals surface area contributed by atoms with Crippen LogP contribution >= 0.6 is 0 Å². The lowest BCUT2D eigenvalue weighted by Gasteiger charge is -2.27. The lowest BCUT2D eigenvalue weighted by atomic mass is 10.0. The molecule has 1 aromatic heterocycles. The van der Waals surface area contributed by atoms with Crippen LogP contribution in [0.5, 0.6) is 0 Å². The number of nitrogens with one attached hydrogen (secondary N) is 1. The molecule has 0 aliphatic rings. The maximum atomic E-state index is 14.6. The molecule has 1 amide bonds. The molecule has 0 aliphatic carbocycles. The van der Waals surface area contributed by atoms with Crippen molar-refractivity contribution < 1.29 is 23.8 Å². The van der Waals surface area contributed by atoms with Crippen molar-refractivity contribution in [3.8, 4) is 11.1 Å². The van der Waals surface area contributed by atoms with Crippen molar-refractivity contribution in [2.45, 2.75) is 31.2 Å². The van der Waals surface area contributed by atoms with Crippen molar-refractivity contribution in [1.82, 2.24) is 20.1 Å². The van der Waals surface area contributed by atoms with Gasteiger partial charge in [-0.25, -0.2) is 14.9 Å². The normalized spacial score (nSPS) is 14.2. The second-order valence-corrected chi connectivity index (χ2v) is 9.94. The molecule has 1 heterocycles. The molecule has 2 N–H and O–H groups in total. The summed E-state index contributed by atoms with van der Waals surface area (Å²) in [5.41, 5.74) is 3.49. The number of rotatable bonds is 9. The third-order valence-corrected chi connectivity index (χ3v) is 7.62. The van der Waals surface area contributed by atoms with Gasteiger partial charge in [0.1, 0.15) is 5.82 Å². The minimum Gasteiger partial charge on any atom is -0.616 e. The van der Waals surface area contributed by atoms with Crippen molar-refractivity contribution >= 4 is 28.0 Å². The Morgan fingerprint density at radius 2 is 2.00 bits per heavy atom. The molecule has 2 aromatic carbocycles. The summed E-state index contributed by atoms with van der Waals surface area (Å²) >= 11 is -1.59. The summed E-state index contributed by atoms with van der Waals surface area (Å²) in [6.07, 6.45) is 2.77. The van der Waals surface area contributed by atoms with E-state index in [4.69, 9.17) is 10.0 Å². The van der Waals surface area contributed by atoms with Gasteiger partial charge in [-0.05, 0) is 47.4 Å². The highest BCUT2D eigenvalue weighted by Gasteiger charge is 2.42. The molecule has 0 radical (unpaired) electrons. The van der Waals surface area contributed by atoms with Gasteiger partial charge < -0.3 is 9.39 Å². The number of hydrogen-bond acceptors (Lipinski definition) is 7. The summed E-state index contributed by atoms with van der Waals surface area (Å²) in [6, 6.07) is 9.96. The van der Waals surface area contributed by atoms with E-state index in [1.165, 1.54) is 47.8 Å². The van der Waals surface area contributed by atoms with Crippen LogP contribution < -0.4 is 11.0 Å². The summed E-state index contributed by atoms with van der Waals surface area (Å²) < 4.78 is 26.6. The zero-order chi connectivity index (χ0) is 25.0. The standard InChI is InChI=1S/C23H27FN4O5S/c1-23(34(4)32,22(30)26-31)9-10-28-14-25-20-12-16(7-8-18(20)21(28)29)15-5-6-17(19(24)11-15)13-27(2)33-3/h5-8,11-12,14,31H,9-10,13H2,1-4H3,(H,26,30)/t23-,34?/m1/s1. The van der Waals surface area contributed by atoms with Gasteiger partial charge in [-0.15, -0.1) is 0 Å². The second-order valence-electron chi connectivity index (χ2n) is 8.13. The van der Waals surface area contributed by atoms with Crippen LogP contribution in [0.25, 0.3) is 22.0 Å². The highest BCUT2D eigenvalue weighted by Crippen LogP contribution is 2.25. The third-order valence-electron chi connectivity index (χ3n) is 5.96. The summed E-state index contributed by atoms with van der Waals surface area (Å²) in [5.74, 6) is -1.15. The number of amides is 1. The number of fused-ring (bicyclic) bond motifs is 1. The Balaban J connectivity index is 1.87. The maximum absolute atomic E-state index is 14.6. The predicted molar refractivity (Wildman–Crippen MR) is 127 cm³/mol. The van der Waals surface area contributed by atoms with Gasteiger partial charge in [-0.3, -0.25) is 19.4 Å². The van der Waals surface area contributed by atoms with Crippen LogP contribution in [0.3, 0.4) is 0 Å². The molecular weight excluding hydrogens is 463 g/mol. The summed E-state index contributed by atoms with van der Waals surface area (Å²) in [4.78, 5) is 34.3. The third kappa shape index (κ3) is 5.29. The first-order valence-electron chi connectivity index (χ1n) is 10.4.